The van der Waals surface area contributed by atoms with Crippen LogP contribution in [0.5, 0.6) is 0 Å². The lowest BCUT2D eigenvalue weighted by Crippen LogP contribution is -2.56. The monoisotopic (exact) mass is 269 g/mol. The second-order valence-corrected chi connectivity index (χ2v) is 6.33. The topological polar surface area (TPSA) is 60.1 Å². The van der Waals surface area contributed by atoms with Crippen LogP contribution in [-0.2, 0) is 9.47 Å². The highest BCUT2D eigenvalue weighted by atomic mass is 16.5. The number of aliphatic imine (C=N–C) groups is 1. The Kier molecular flexibility index (Phi) is 4.36. The van der Waals surface area contributed by atoms with Crippen molar-refractivity contribution in [2.45, 2.75) is 52.4 Å². The minimum atomic E-state index is 0.0706. The SMILES string of the molecule is CC(C)O[C@H]1C[C@@H](N=C(N)N2CCOCC2)C1(C)C. The lowest BCUT2D eigenvalue weighted by Gasteiger charge is -2.50. The molecule has 5 heteroatoms. The Bertz CT molecular complexity index is 336. The number of ether oxygens (including phenoxy) is 2. The fourth-order valence-electron chi connectivity index (χ4n) is 2.68. The van der Waals surface area contributed by atoms with Gasteiger partial charge in [0.25, 0.3) is 0 Å². The molecule has 0 amide bonds. The van der Waals surface area contributed by atoms with E-state index in [-0.39, 0.29) is 17.6 Å². The normalized spacial score (nSPS) is 31.4. The summed E-state index contributed by atoms with van der Waals surface area (Å²) in [6, 6.07) is 0.263. The van der Waals surface area contributed by atoms with E-state index in [1.807, 2.05) is 0 Å². The first kappa shape index (κ1) is 14.6. The van der Waals surface area contributed by atoms with Gasteiger partial charge >= 0.3 is 0 Å². The van der Waals surface area contributed by atoms with Crippen molar-refractivity contribution in [3.63, 3.8) is 0 Å². The van der Waals surface area contributed by atoms with Crippen LogP contribution in [0.1, 0.15) is 34.1 Å². The van der Waals surface area contributed by atoms with Crippen molar-refractivity contribution >= 4 is 5.96 Å². The number of guanidine groups is 1. The minimum absolute atomic E-state index is 0.0706. The van der Waals surface area contributed by atoms with E-state index in [1.54, 1.807) is 0 Å². The first-order chi connectivity index (χ1) is 8.91. The molecule has 0 radical (unpaired) electrons. The van der Waals surface area contributed by atoms with Crippen LogP contribution in [0.25, 0.3) is 0 Å². The number of morpholine rings is 1. The van der Waals surface area contributed by atoms with Gasteiger partial charge in [-0.05, 0) is 20.3 Å². The van der Waals surface area contributed by atoms with Crippen LogP contribution < -0.4 is 5.73 Å². The molecule has 19 heavy (non-hydrogen) atoms. The standard InChI is InChI=1S/C14H27N3O2/c1-10(2)19-12-9-11(14(12,3)4)16-13(15)17-5-7-18-8-6-17/h10-12H,5-9H2,1-4H3,(H2,15,16)/t11-,12+/m1/s1. The van der Waals surface area contributed by atoms with E-state index < -0.39 is 0 Å². The zero-order chi connectivity index (χ0) is 14.0. The van der Waals surface area contributed by atoms with Crippen molar-refractivity contribution in [2.24, 2.45) is 16.1 Å². The molecule has 1 aliphatic carbocycles. The third kappa shape index (κ3) is 3.20. The van der Waals surface area contributed by atoms with Crippen LogP contribution in [0, 0.1) is 5.41 Å². The highest BCUT2D eigenvalue weighted by Gasteiger charge is 2.49. The Morgan fingerprint density at radius 3 is 2.53 bits per heavy atom. The predicted molar refractivity (Wildman–Crippen MR) is 76.2 cm³/mol. The van der Waals surface area contributed by atoms with Crippen molar-refractivity contribution in [3.05, 3.63) is 0 Å². The summed E-state index contributed by atoms with van der Waals surface area (Å²) in [5.74, 6) is 0.657. The van der Waals surface area contributed by atoms with Gasteiger partial charge in [0.15, 0.2) is 5.96 Å². The molecule has 2 aliphatic rings. The fourth-order valence-corrected chi connectivity index (χ4v) is 2.68. The largest absolute Gasteiger partial charge is 0.378 e. The molecular weight excluding hydrogens is 242 g/mol. The van der Waals surface area contributed by atoms with Gasteiger partial charge in [0.2, 0.25) is 0 Å². The molecule has 1 saturated heterocycles. The van der Waals surface area contributed by atoms with Crippen molar-refractivity contribution in [3.8, 4) is 0 Å². The molecule has 0 spiro atoms. The summed E-state index contributed by atoms with van der Waals surface area (Å²) in [4.78, 5) is 6.81. The molecule has 2 rings (SSSR count). The third-order valence-electron chi connectivity index (χ3n) is 4.19. The van der Waals surface area contributed by atoms with Crippen LogP contribution >= 0.6 is 0 Å². The Balaban J connectivity index is 1.92. The van der Waals surface area contributed by atoms with Crippen molar-refractivity contribution in [1.29, 1.82) is 0 Å². The third-order valence-corrected chi connectivity index (χ3v) is 4.19. The second-order valence-electron chi connectivity index (χ2n) is 6.33. The van der Waals surface area contributed by atoms with Gasteiger partial charge < -0.3 is 20.1 Å². The first-order valence-electron chi connectivity index (χ1n) is 7.22. The minimum Gasteiger partial charge on any atom is -0.378 e. The predicted octanol–water partition coefficient (Wildman–Crippen LogP) is 1.23. The van der Waals surface area contributed by atoms with E-state index in [0.29, 0.717) is 12.1 Å². The van der Waals surface area contributed by atoms with Crippen LogP contribution in [0.2, 0.25) is 0 Å². The van der Waals surface area contributed by atoms with E-state index in [1.165, 1.54) is 0 Å². The highest BCUT2D eigenvalue weighted by Crippen LogP contribution is 2.45. The fraction of sp³-hybridized carbons (Fsp3) is 0.929. The number of hydrogen-bond acceptors (Lipinski definition) is 3. The molecule has 1 aliphatic heterocycles. The van der Waals surface area contributed by atoms with E-state index >= 15 is 0 Å². The summed E-state index contributed by atoms with van der Waals surface area (Å²) >= 11 is 0. The van der Waals surface area contributed by atoms with Gasteiger partial charge in [0.1, 0.15) is 0 Å². The molecule has 2 fully saturated rings. The van der Waals surface area contributed by atoms with Gasteiger partial charge in [0, 0.05) is 18.5 Å². The Hall–Kier alpha value is -0.810. The Morgan fingerprint density at radius 2 is 2.00 bits per heavy atom. The molecule has 0 aromatic carbocycles. The first-order valence-corrected chi connectivity index (χ1v) is 7.22. The molecule has 110 valence electrons. The number of nitrogens with two attached hydrogens (primary N) is 1. The van der Waals surface area contributed by atoms with Crippen molar-refractivity contribution < 1.29 is 9.47 Å². The van der Waals surface area contributed by atoms with Gasteiger partial charge in [0.05, 0.1) is 31.5 Å². The molecule has 0 unspecified atom stereocenters. The van der Waals surface area contributed by atoms with Crippen molar-refractivity contribution in [1.82, 2.24) is 4.90 Å². The smallest absolute Gasteiger partial charge is 0.191 e. The average Bonchev–Trinajstić information content (AvgIpc) is 2.38. The summed E-state index contributed by atoms with van der Waals surface area (Å²) in [7, 11) is 0. The summed E-state index contributed by atoms with van der Waals surface area (Å²) in [6.07, 6.45) is 1.53. The highest BCUT2D eigenvalue weighted by molar-refractivity contribution is 5.78. The maximum atomic E-state index is 6.11. The van der Waals surface area contributed by atoms with Crippen LogP contribution in [0.3, 0.4) is 0 Å². The lowest BCUT2D eigenvalue weighted by molar-refractivity contribution is -0.129. The maximum absolute atomic E-state index is 6.11. The van der Waals surface area contributed by atoms with Gasteiger partial charge in [-0.1, -0.05) is 13.8 Å². The van der Waals surface area contributed by atoms with Gasteiger partial charge in [-0.25, -0.2) is 4.99 Å². The maximum Gasteiger partial charge on any atom is 0.191 e. The van der Waals surface area contributed by atoms with Gasteiger partial charge in [-0.2, -0.15) is 0 Å². The van der Waals surface area contributed by atoms with Crippen molar-refractivity contribution in [2.75, 3.05) is 26.3 Å². The Labute approximate surface area is 116 Å². The average molecular weight is 269 g/mol. The number of hydrogen-bond donors (Lipinski definition) is 1. The lowest BCUT2D eigenvalue weighted by atomic mass is 9.64. The van der Waals surface area contributed by atoms with E-state index in [2.05, 4.69) is 32.6 Å². The molecule has 1 heterocycles. The molecule has 2 N–H and O–H groups in total. The molecular formula is C14H27N3O2. The van der Waals surface area contributed by atoms with Gasteiger partial charge in [-0.15, -0.1) is 0 Å². The van der Waals surface area contributed by atoms with Crippen LogP contribution in [-0.4, -0.2) is 55.4 Å². The zero-order valence-corrected chi connectivity index (χ0v) is 12.6. The summed E-state index contributed by atoms with van der Waals surface area (Å²) < 4.78 is 11.2. The molecule has 1 saturated carbocycles. The molecule has 0 bridgehead atoms. The number of nitrogens with zero attached hydrogens (tertiary/aromatic N) is 2. The van der Waals surface area contributed by atoms with Crippen LogP contribution in [0.15, 0.2) is 4.99 Å². The van der Waals surface area contributed by atoms with Gasteiger partial charge in [-0.3, -0.25) is 0 Å². The molecule has 2 atom stereocenters. The van der Waals surface area contributed by atoms with E-state index in [4.69, 9.17) is 20.2 Å². The number of rotatable bonds is 3. The molecule has 5 nitrogen and oxygen atoms in total. The molecule has 0 aromatic heterocycles. The van der Waals surface area contributed by atoms with E-state index in [9.17, 15) is 0 Å². The van der Waals surface area contributed by atoms with Crippen LogP contribution in [0.4, 0.5) is 0 Å². The summed E-state index contributed by atoms with van der Waals surface area (Å²) in [5, 5.41) is 0. The molecule has 0 aromatic rings. The quantitative estimate of drug-likeness (QED) is 0.618. The summed E-state index contributed by atoms with van der Waals surface area (Å²) in [6.45, 7) is 11.7. The second kappa shape index (κ2) is 5.67. The summed E-state index contributed by atoms with van der Waals surface area (Å²) in [5.41, 5.74) is 6.18. The van der Waals surface area contributed by atoms with E-state index in [0.717, 1.165) is 32.7 Å². The Morgan fingerprint density at radius 1 is 1.37 bits per heavy atom. The zero-order valence-electron chi connectivity index (χ0n) is 12.6.